The van der Waals surface area contributed by atoms with Crippen LogP contribution in [0.15, 0.2) is 164 Å². The summed E-state index contributed by atoms with van der Waals surface area (Å²) in [6.07, 6.45) is 2.28. The molecule has 5 nitrogen and oxygen atoms in total. The smallest absolute Gasteiger partial charge is 0.340 e. The van der Waals surface area contributed by atoms with Crippen molar-refractivity contribution in [3.8, 4) is 22.5 Å². The second kappa shape index (κ2) is 14.8. The lowest BCUT2D eigenvalue weighted by molar-refractivity contribution is 0.0276. The number of aromatic nitrogens is 2. The van der Waals surface area contributed by atoms with Crippen LogP contribution in [0, 0.1) is 0 Å². The molecule has 6 aromatic carbocycles. The Balaban J connectivity index is 1.49. The Morgan fingerprint density at radius 2 is 1.05 bits per heavy atom. The van der Waals surface area contributed by atoms with Gasteiger partial charge in [0.2, 0.25) is 0 Å². The molecule has 1 atom stereocenters. The summed E-state index contributed by atoms with van der Waals surface area (Å²) in [5.74, 6) is -0.326. The molecule has 0 bridgehead atoms. The fourth-order valence-electron chi connectivity index (χ4n) is 9.23. The number of hydrogen-bond donors (Lipinski definition) is 0. The summed E-state index contributed by atoms with van der Waals surface area (Å²) < 4.78 is 11.8. The van der Waals surface area contributed by atoms with Gasteiger partial charge in [-0.25, -0.2) is 4.79 Å². The highest BCUT2D eigenvalue weighted by molar-refractivity contribution is 6.12. The maximum atomic E-state index is 14.2. The Morgan fingerprint density at radius 3 is 1.56 bits per heavy atom. The summed E-state index contributed by atoms with van der Waals surface area (Å²) in [5, 5.41) is 2.28. The standard InChI is InChI=1S/C52H47N3O2/c1-5-53(6-2)39-33-31-38(32-34-39)52(44-28-18-15-25-40(44)51(56)57-52)35-43(47-41-26-16-19-29-45(41)54(7-3)49(47)36-21-11-9-12-22-36)48-42-27-17-20-30-46(42)55(8-4)50(48)37-23-13-10-14-24-37/h9-35H,5-8H2,1-4H3. The minimum absolute atomic E-state index is 0.326. The molecule has 0 saturated heterocycles. The number of fused-ring (bicyclic) bond motifs is 3. The lowest BCUT2D eigenvalue weighted by Gasteiger charge is -2.29. The van der Waals surface area contributed by atoms with Crippen molar-refractivity contribution in [1.29, 1.82) is 0 Å². The van der Waals surface area contributed by atoms with Crippen LogP contribution < -0.4 is 4.90 Å². The second-order valence-corrected chi connectivity index (χ2v) is 14.7. The van der Waals surface area contributed by atoms with Gasteiger partial charge in [0.25, 0.3) is 0 Å². The Kier molecular flexibility index (Phi) is 9.38. The molecular weight excluding hydrogens is 699 g/mol. The van der Waals surface area contributed by atoms with E-state index in [1.165, 1.54) is 0 Å². The molecule has 0 aliphatic carbocycles. The van der Waals surface area contributed by atoms with Crippen LogP contribution in [-0.2, 0) is 23.4 Å². The molecule has 2 aromatic heterocycles. The number of carbonyl (C=O) groups is 1. The van der Waals surface area contributed by atoms with Crippen LogP contribution >= 0.6 is 0 Å². The van der Waals surface area contributed by atoms with Crippen LogP contribution in [0.5, 0.6) is 0 Å². The summed E-state index contributed by atoms with van der Waals surface area (Å²) in [4.78, 5) is 16.5. The van der Waals surface area contributed by atoms with Crippen LogP contribution in [0.2, 0.25) is 0 Å². The van der Waals surface area contributed by atoms with Gasteiger partial charge in [-0.05, 0) is 80.8 Å². The van der Waals surface area contributed by atoms with Crippen molar-refractivity contribution in [3.05, 3.63) is 192 Å². The van der Waals surface area contributed by atoms with Gasteiger partial charge in [0.05, 0.1) is 17.0 Å². The van der Waals surface area contributed by atoms with E-state index in [2.05, 4.69) is 187 Å². The molecule has 0 amide bonds. The zero-order valence-electron chi connectivity index (χ0n) is 33.1. The molecule has 1 aliphatic heterocycles. The summed E-state index contributed by atoms with van der Waals surface area (Å²) in [6.45, 7) is 12.1. The van der Waals surface area contributed by atoms with E-state index < -0.39 is 5.60 Å². The fourth-order valence-corrected chi connectivity index (χ4v) is 9.23. The van der Waals surface area contributed by atoms with Gasteiger partial charge >= 0.3 is 5.97 Å². The predicted molar refractivity (Wildman–Crippen MR) is 236 cm³/mol. The highest BCUT2D eigenvalue weighted by atomic mass is 16.6. The van der Waals surface area contributed by atoms with Crippen molar-refractivity contribution in [1.82, 2.24) is 9.13 Å². The largest absolute Gasteiger partial charge is 0.441 e. The van der Waals surface area contributed by atoms with E-state index >= 15 is 0 Å². The number of carbonyl (C=O) groups excluding carboxylic acids is 1. The van der Waals surface area contributed by atoms with E-state index in [0.29, 0.717) is 5.56 Å². The van der Waals surface area contributed by atoms with Crippen molar-refractivity contribution >= 4 is 39.0 Å². The van der Waals surface area contributed by atoms with Crippen molar-refractivity contribution in [2.75, 3.05) is 18.0 Å². The molecule has 5 heteroatoms. The minimum Gasteiger partial charge on any atom is -0.441 e. The number of aryl methyl sites for hydroxylation is 2. The number of esters is 1. The SMILES string of the molecule is CCN(CC)c1ccc(C2(C=C(c3c(-c4ccccc4)n(CC)c4ccccc34)c3c(-c4ccccc4)n(CC)c4ccccc34)OC(=O)c3ccccc32)cc1. The summed E-state index contributed by atoms with van der Waals surface area (Å²) >= 11 is 0. The third-order valence-corrected chi connectivity index (χ3v) is 11.8. The zero-order valence-corrected chi connectivity index (χ0v) is 33.1. The molecule has 0 saturated carbocycles. The van der Waals surface area contributed by atoms with Gasteiger partial charge in [0, 0.05) is 75.9 Å². The third-order valence-electron chi connectivity index (χ3n) is 11.8. The van der Waals surface area contributed by atoms with E-state index in [-0.39, 0.29) is 5.97 Å². The summed E-state index contributed by atoms with van der Waals surface area (Å²) in [7, 11) is 0. The van der Waals surface area contributed by atoms with Gasteiger partial charge < -0.3 is 18.8 Å². The lowest BCUT2D eigenvalue weighted by atomic mass is 9.80. The molecule has 57 heavy (non-hydrogen) atoms. The van der Waals surface area contributed by atoms with Gasteiger partial charge in [-0.1, -0.05) is 127 Å². The number of benzene rings is 6. The van der Waals surface area contributed by atoms with Crippen LogP contribution in [-0.4, -0.2) is 28.2 Å². The molecule has 0 N–H and O–H groups in total. The molecule has 3 heterocycles. The van der Waals surface area contributed by atoms with Crippen LogP contribution in [0.1, 0.15) is 60.3 Å². The number of cyclic esters (lactones) is 1. The molecule has 0 fully saturated rings. The maximum absolute atomic E-state index is 14.2. The normalized spacial score (nSPS) is 14.8. The maximum Gasteiger partial charge on any atom is 0.340 e. The van der Waals surface area contributed by atoms with E-state index in [0.717, 1.165) is 104 Å². The van der Waals surface area contributed by atoms with E-state index in [1.54, 1.807) is 0 Å². The van der Waals surface area contributed by atoms with Crippen LogP contribution in [0.4, 0.5) is 5.69 Å². The number of rotatable bonds is 11. The van der Waals surface area contributed by atoms with Gasteiger partial charge in [-0.3, -0.25) is 0 Å². The molecule has 1 unspecified atom stereocenters. The van der Waals surface area contributed by atoms with E-state index in [9.17, 15) is 4.79 Å². The zero-order chi connectivity index (χ0) is 39.1. The molecule has 1 aliphatic rings. The molecule has 0 spiro atoms. The molecule has 8 aromatic rings. The quantitative estimate of drug-likeness (QED) is 0.124. The van der Waals surface area contributed by atoms with Crippen LogP contribution in [0.25, 0.3) is 49.9 Å². The lowest BCUT2D eigenvalue weighted by Crippen LogP contribution is -2.27. The number of nitrogens with zero attached hydrogens (tertiary/aromatic N) is 3. The van der Waals surface area contributed by atoms with E-state index in [4.69, 9.17) is 4.74 Å². The topological polar surface area (TPSA) is 39.4 Å². The monoisotopic (exact) mass is 745 g/mol. The Morgan fingerprint density at radius 1 is 0.579 bits per heavy atom. The van der Waals surface area contributed by atoms with Gasteiger partial charge in [-0.2, -0.15) is 0 Å². The summed E-state index contributed by atoms with van der Waals surface area (Å²) in [5.41, 5.74) is 12.2. The average Bonchev–Trinajstić information content (AvgIpc) is 3.89. The molecule has 0 radical (unpaired) electrons. The Hall–Kier alpha value is -6.59. The second-order valence-electron chi connectivity index (χ2n) is 14.7. The minimum atomic E-state index is -1.24. The van der Waals surface area contributed by atoms with Crippen molar-refractivity contribution in [2.24, 2.45) is 0 Å². The summed E-state index contributed by atoms with van der Waals surface area (Å²) in [6, 6.07) is 55.5. The first kappa shape index (κ1) is 36.1. The first-order valence-electron chi connectivity index (χ1n) is 20.3. The van der Waals surface area contributed by atoms with Crippen molar-refractivity contribution < 1.29 is 9.53 Å². The molecule has 282 valence electrons. The van der Waals surface area contributed by atoms with Gasteiger partial charge in [-0.15, -0.1) is 0 Å². The fraction of sp³-hybridized carbons (Fsp3) is 0.173. The van der Waals surface area contributed by atoms with Crippen molar-refractivity contribution in [2.45, 2.75) is 46.4 Å². The van der Waals surface area contributed by atoms with Gasteiger partial charge in [0.1, 0.15) is 0 Å². The predicted octanol–water partition coefficient (Wildman–Crippen LogP) is 12.4. The molecule has 9 rings (SSSR count). The molecular formula is C52H47N3O2. The number of ether oxygens (including phenoxy) is 1. The third kappa shape index (κ3) is 5.80. The first-order chi connectivity index (χ1) is 28.0. The van der Waals surface area contributed by atoms with Crippen LogP contribution in [0.3, 0.4) is 0 Å². The number of anilines is 1. The Labute approximate surface area is 335 Å². The first-order valence-corrected chi connectivity index (χ1v) is 20.3. The Bertz CT molecular complexity index is 2640. The number of hydrogen-bond acceptors (Lipinski definition) is 3. The highest BCUT2D eigenvalue weighted by Gasteiger charge is 2.46. The van der Waals surface area contributed by atoms with E-state index in [1.807, 2.05) is 18.2 Å². The van der Waals surface area contributed by atoms with Gasteiger partial charge in [0.15, 0.2) is 5.60 Å². The highest BCUT2D eigenvalue weighted by Crippen LogP contribution is 2.51. The number of para-hydroxylation sites is 2. The average molecular weight is 746 g/mol. The van der Waals surface area contributed by atoms with Crippen molar-refractivity contribution in [3.63, 3.8) is 0 Å².